The van der Waals surface area contributed by atoms with Crippen molar-refractivity contribution in [2.45, 2.75) is 17.9 Å². The largest absolute Gasteiger partial charge is 0.497 e. The van der Waals surface area contributed by atoms with Crippen LogP contribution in [0.2, 0.25) is 5.02 Å². The Balaban J connectivity index is 1.42. The van der Waals surface area contributed by atoms with Crippen molar-refractivity contribution in [2.75, 3.05) is 32.7 Å². The number of sulfonamides is 1. The van der Waals surface area contributed by atoms with E-state index >= 15 is 0 Å². The van der Waals surface area contributed by atoms with Crippen LogP contribution in [0.1, 0.15) is 11.1 Å². The van der Waals surface area contributed by atoms with Crippen LogP contribution in [-0.2, 0) is 27.8 Å². The monoisotopic (exact) mass is 516 g/mol. The second kappa shape index (κ2) is 10.6. The molecule has 35 heavy (non-hydrogen) atoms. The van der Waals surface area contributed by atoms with Crippen molar-refractivity contribution in [3.63, 3.8) is 0 Å². The molecule has 1 heterocycles. The molecule has 0 saturated heterocycles. The molecule has 3 aromatic rings. The Morgan fingerprint density at radius 1 is 1.00 bits per heavy atom. The number of nitrogens with one attached hydrogen (secondary N) is 1. The fraction of sp³-hybridized carbons (Fsp3) is 0.240. The third-order valence-electron chi connectivity index (χ3n) is 5.68. The zero-order chi connectivity index (χ0) is 25.0. The minimum absolute atomic E-state index is 0.0693. The summed E-state index contributed by atoms with van der Waals surface area (Å²) >= 11 is 6.31. The molecule has 3 aromatic carbocycles. The molecule has 1 amide bonds. The molecule has 0 atom stereocenters. The van der Waals surface area contributed by atoms with E-state index in [1.54, 1.807) is 18.2 Å². The van der Waals surface area contributed by atoms with Gasteiger partial charge in [-0.1, -0.05) is 35.9 Å². The molecule has 0 radical (unpaired) electrons. The summed E-state index contributed by atoms with van der Waals surface area (Å²) in [5, 5.41) is 2.79. The molecule has 0 aromatic heterocycles. The summed E-state index contributed by atoms with van der Waals surface area (Å²) in [5.41, 5.74) is 2.58. The van der Waals surface area contributed by atoms with Crippen LogP contribution in [0.15, 0.2) is 65.6 Å². The number of rotatable bonds is 8. The van der Waals surface area contributed by atoms with Gasteiger partial charge in [0.2, 0.25) is 10.0 Å². The number of benzene rings is 3. The number of fused-ring (bicyclic) bond motifs is 1. The first-order valence-corrected chi connectivity index (χ1v) is 12.6. The van der Waals surface area contributed by atoms with Crippen molar-refractivity contribution < 1.29 is 27.4 Å². The number of ether oxygens (including phenoxy) is 3. The van der Waals surface area contributed by atoms with Crippen LogP contribution in [0.25, 0.3) is 0 Å². The predicted octanol–water partition coefficient (Wildman–Crippen LogP) is 4.12. The van der Waals surface area contributed by atoms with Gasteiger partial charge in [0.25, 0.3) is 5.91 Å². The second-order valence-corrected chi connectivity index (χ2v) is 10.2. The van der Waals surface area contributed by atoms with E-state index in [9.17, 15) is 13.2 Å². The number of carbonyl (C=O) groups excluding carboxylic acids is 1. The Labute approximate surface area is 209 Å². The number of amides is 1. The van der Waals surface area contributed by atoms with Gasteiger partial charge in [0.15, 0.2) is 6.61 Å². The highest BCUT2D eigenvalue weighted by molar-refractivity contribution is 7.89. The van der Waals surface area contributed by atoms with Crippen LogP contribution < -0.4 is 19.5 Å². The molecule has 1 aliphatic heterocycles. The second-order valence-electron chi connectivity index (χ2n) is 7.85. The lowest BCUT2D eigenvalue weighted by Crippen LogP contribution is -2.35. The molecule has 0 bridgehead atoms. The van der Waals surface area contributed by atoms with Gasteiger partial charge in [-0.25, -0.2) is 8.42 Å². The summed E-state index contributed by atoms with van der Waals surface area (Å²) in [7, 11) is -0.730. The van der Waals surface area contributed by atoms with Gasteiger partial charge in [0.05, 0.1) is 29.8 Å². The molecule has 8 nitrogen and oxygen atoms in total. The third kappa shape index (κ3) is 5.53. The van der Waals surface area contributed by atoms with Gasteiger partial charge in [-0.3, -0.25) is 4.79 Å². The van der Waals surface area contributed by atoms with Crippen LogP contribution in [0.5, 0.6) is 17.2 Å². The summed E-state index contributed by atoms with van der Waals surface area (Å²) in [5.74, 6) is 0.768. The van der Waals surface area contributed by atoms with Gasteiger partial charge >= 0.3 is 0 Å². The van der Waals surface area contributed by atoms with Crippen molar-refractivity contribution in [2.24, 2.45) is 0 Å². The zero-order valence-electron chi connectivity index (χ0n) is 19.3. The Morgan fingerprint density at radius 3 is 2.46 bits per heavy atom. The highest BCUT2D eigenvalue weighted by Gasteiger charge is 2.28. The maximum absolute atomic E-state index is 13.2. The Hall–Kier alpha value is -3.27. The van der Waals surface area contributed by atoms with Crippen LogP contribution in [-0.4, -0.2) is 46.0 Å². The Bertz CT molecular complexity index is 1350. The topological polar surface area (TPSA) is 94.2 Å². The maximum Gasteiger partial charge on any atom is 0.262 e. The van der Waals surface area contributed by atoms with Crippen molar-refractivity contribution in [1.29, 1.82) is 0 Å². The molecule has 10 heteroatoms. The van der Waals surface area contributed by atoms with Gasteiger partial charge < -0.3 is 19.5 Å². The predicted molar refractivity (Wildman–Crippen MR) is 133 cm³/mol. The van der Waals surface area contributed by atoms with E-state index in [1.165, 1.54) is 36.7 Å². The van der Waals surface area contributed by atoms with Crippen LogP contribution in [0.4, 0.5) is 5.69 Å². The highest BCUT2D eigenvalue weighted by atomic mass is 35.5. The lowest BCUT2D eigenvalue weighted by molar-refractivity contribution is -0.118. The van der Waals surface area contributed by atoms with E-state index in [0.29, 0.717) is 36.7 Å². The molecule has 1 N–H and O–H groups in total. The molecular formula is C25H25ClN2O6S. The van der Waals surface area contributed by atoms with Gasteiger partial charge in [0.1, 0.15) is 17.2 Å². The van der Waals surface area contributed by atoms with E-state index < -0.39 is 15.9 Å². The number of hydrogen-bond donors (Lipinski definition) is 1. The highest BCUT2D eigenvalue weighted by Crippen LogP contribution is 2.32. The average Bonchev–Trinajstić information content (AvgIpc) is 2.87. The molecule has 1 aliphatic rings. The van der Waals surface area contributed by atoms with Crippen molar-refractivity contribution in [3.05, 3.63) is 76.8 Å². The molecule has 4 rings (SSSR count). The van der Waals surface area contributed by atoms with Crippen molar-refractivity contribution in [3.8, 4) is 17.2 Å². The fourth-order valence-corrected chi connectivity index (χ4v) is 5.57. The van der Waals surface area contributed by atoms with Crippen molar-refractivity contribution >= 4 is 33.2 Å². The van der Waals surface area contributed by atoms with Crippen LogP contribution >= 0.6 is 11.6 Å². The molecule has 184 valence electrons. The molecular weight excluding hydrogens is 492 g/mol. The first-order valence-electron chi connectivity index (χ1n) is 10.8. The lowest BCUT2D eigenvalue weighted by atomic mass is 10.0. The quantitative estimate of drug-likeness (QED) is 0.484. The first-order chi connectivity index (χ1) is 16.8. The van der Waals surface area contributed by atoms with E-state index in [4.69, 9.17) is 25.8 Å². The standard InChI is InChI=1S/C25H25ClN2O6S/c1-32-19-7-9-24(33-2)22(13-19)27-25(29)16-34-23-10-8-20(14-21(23)26)35(30,31)28-12-11-17-5-3-4-6-18(17)15-28/h3-10,13-14H,11-12,15-16H2,1-2H3,(H,27,29). The Morgan fingerprint density at radius 2 is 1.74 bits per heavy atom. The minimum Gasteiger partial charge on any atom is -0.497 e. The summed E-state index contributed by atoms with van der Waals surface area (Å²) in [6, 6.07) is 17.0. The third-order valence-corrected chi connectivity index (χ3v) is 7.81. The summed E-state index contributed by atoms with van der Waals surface area (Å²) in [6.07, 6.45) is 0.650. The number of halogens is 1. The summed E-state index contributed by atoms with van der Waals surface area (Å²) in [6.45, 7) is 0.362. The number of anilines is 1. The number of methoxy groups -OCH3 is 2. The number of nitrogens with zero attached hydrogens (tertiary/aromatic N) is 1. The molecule has 0 unspecified atom stereocenters. The van der Waals surface area contributed by atoms with E-state index in [2.05, 4.69) is 5.32 Å². The summed E-state index contributed by atoms with van der Waals surface area (Å²) in [4.78, 5) is 12.5. The van der Waals surface area contributed by atoms with E-state index in [0.717, 1.165) is 11.1 Å². The van der Waals surface area contributed by atoms with Crippen LogP contribution in [0, 0.1) is 0 Å². The van der Waals surface area contributed by atoms with Crippen molar-refractivity contribution in [1.82, 2.24) is 4.31 Å². The number of carbonyl (C=O) groups is 1. The van der Waals surface area contributed by atoms with Gasteiger partial charge in [0, 0.05) is 19.2 Å². The van der Waals surface area contributed by atoms with E-state index in [1.807, 2.05) is 24.3 Å². The van der Waals surface area contributed by atoms with E-state index in [-0.39, 0.29) is 22.3 Å². The summed E-state index contributed by atoms with van der Waals surface area (Å²) < 4.78 is 43.8. The SMILES string of the molecule is COc1ccc(OC)c(NC(=O)COc2ccc(S(=O)(=O)N3CCc4ccccc4C3)cc2Cl)c1. The molecule has 0 spiro atoms. The smallest absolute Gasteiger partial charge is 0.262 e. The van der Waals surface area contributed by atoms with Gasteiger partial charge in [-0.15, -0.1) is 0 Å². The van der Waals surface area contributed by atoms with Crippen LogP contribution in [0.3, 0.4) is 0 Å². The zero-order valence-corrected chi connectivity index (χ0v) is 20.9. The van der Waals surface area contributed by atoms with Gasteiger partial charge in [-0.05, 0) is 47.9 Å². The molecule has 0 saturated carbocycles. The molecule has 0 aliphatic carbocycles. The maximum atomic E-state index is 13.2. The lowest BCUT2D eigenvalue weighted by Gasteiger charge is -2.28. The minimum atomic E-state index is -3.74. The molecule has 0 fully saturated rings. The fourth-order valence-electron chi connectivity index (χ4n) is 3.82. The Kier molecular flexibility index (Phi) is 7.49. The normalized spacial score (nSPS) is 13.6. The van der Waals surface area contributed by atoms with Gasteiger partial charge in [-0.2, -0.15) is 4.31 Å². The number of hydrogen-bond acceptors (Lipinski definition) is 6. The first kappa shape index (κ1) is 24.8. The average molecular weight is 517 g/mol.